The van der Waals surface area contributed by atoms with Crippen molar-refractivity contribution in [2.45, 2.75) is 38.5 Å². The zero-order valence-electron chi connectivity index (χ0n) is 14.2. The van der Waals surface area contributed by atoms with E-state index in [1.54, 1.807) is 19.3 Å². The second kappa shape index (κ2) is 7.31. The summed E-state index contributed by atoms with van der Waals surface area (Å²) in [6.45, 7) is 1.52. The summed E-state index contributed by atoms with van der Waals surface area (Å²) < 4.78 is 13.8. The summed E-state index contributed by atoms with van der Waals surface area (Å²) in [6.07, 6.45) is 5.19. The number of hydrogen-bond acceptors (Lipinski definition) is 5. The molecule has 1 aliphatic heterocycles. The zero-order chi connectivity index (χ0) is 17.1. The molecule has 0 amide bonds. The Morgan fingerprint density at radius 1 is 1.42 bits per heavy atom. The Kier molecular flexibility index (Phi) is 5.16. The van der Waals surface area contributed by atoms with Gasteiger partial charge >= 0.3 is 5.69 Å². The Morgan fingerprint density at radius 2 is 2.25 bits per heavy atom. The standard InChI is InChI=1S/C16H22BN3O4/c1-19-14-12(9-11(17)10-18-14)15(21)20(16(19)22)6-4-8-24-13-5-2-3-7-23-13/h9-10,13H,2-8,17H2,1H3. The van der Waals surface area contributed by atoms with E-state index in [2.05, 4.69) is 4.98 Å². The van der Waals surface area contributed by atoms with Crippen LogP contribution in [-0.2, 0) is 23.1 Å². The van der Waals surface area contributed by atoms with Gasteiger partial charge in [-0.25, -0.2) is 9.78 Å². The largest absolute Gasteiger partial charge is 0.353 e. The Hall–Kier alpha value is -1.93. The number of hydrogen-bond donors (Lipinski definition) is 0. The van der Waals surface area contributed by atoms with Crippen molar-refractivity contribution in [2.24, 2.45) is 7.05 Å². The van der Waals surface area contributed by atoms with Crippen molar-refractivity contribution in [3.63, 3.8) is 0 Å². The third-order valence-electron chi connectivity index (χ3n) is 4.28. The maximum absolute atomic E-state index is 12.6. The number of rotatable bonds is 5. The molecule has 0 N–H and O–H groups in total. The third-order valence-corrected chi connectivity index (χ3v) is 4.28. The molecule has 0 bridgehead atoms. The van der Waals surface area contributed by atoms with E-state index >= 15 is 0 Å². The molecule has 24 heavy (non-hydrogen) atoms. The fourth-order valence-electron chi connectivity index (χ4n) is 2.97. The van der Waals surface area contributed by atoms with E-state index in [4.69, 9.17) is 9.47 Å². The van der Waals surface area contributed by atoms with Gasteiger partial charge in [0.2, 0.25) is 0 Å². The fraction of sp³-hybridized carbons (Fsp3) is 0.562. The van der Waals surface area contributed by atoms with Gasteiger partial charge in [0.1, 0.15) is 13.5 Å². The van der Waals surface area contributed by atoms with Crippen LogP contribution < -0.4 is 16.7 Å². The van der Waals surface area contributed by atoms with Gasteiger partial charge in [0.25, 0.3) is 5.56 Å². The lowest BCUT2D eigenvalue weighted by molar-refractivity contribution is -0.163. The molecule has 1 atom stereocenters. The quantitative estimate of drug-likeness (QED) is 0.534. The van der Waals surface area contributed by atoms with Crippen molar-refractivity contribution in [1.82, 2.24) is 14.1 Å². The van der Waals surface area contributed by atoms with Gasteiger partial charge < -0.3 is 9.47 Å². The van der Waals surface area contributed by atoms with Crippen LogP contribution in [0.4, 0.5) is 0 Å². The minimum atomic E-state index is -0.349. The first kappa shape index (κ1) is 16.9. The normalized spacial score (nSPS) is 18.1. The molecule has 3 rings (SSSR count). The molecule has 8 heteroatoms. The van der Waals surface area contributed by atoms with Crippen molar-refractivity contribution in [2.75, 3.05) is 13.2 Å². The van der Waals surface area contributed by atoms with E-state index < -0.39 is 0 Å². The van der Waals surface area contributed by atoms with Crippen LogP contribution in [-0.4, -0.2) is 41.5 Å². The average Bonchev–Trinajstić information content (AvgIpc) is 2.60. The monoisotopic (exact) mass is 331 g/mol. The van der Waals surface area contributed by atoms with Crippen molar-refractivity contribution >= 4 is 24.3 Å². The maximum Gasteiger partial charge on any atom is 0.332 e. The molecule has 2 aromatic heterocycles. The molecule has 0 saturated carbocycles. The summed E-state index contributed by atoms with van der Waals surface area (Å²) in [7, 11) is 3.51. The van der Waals surface area contributed by atoms with E-state index in [-0.39, 0.29) is 17.5 Å². The highest BCUT2D eigenvalue weighted by molar-refractivity contribution is 6.32. The summed E-state index contributed by atoms with van der Waals surface area (Å²) in [5.41, 5.74) is 0.664. The van der Waals surface area contributed by atoms with Crippen LogP contribution in [0, 0.1) is 0 Å². The first-order valence-corrected chi connectivity index (χ1v) is 8.37. The van der Waals surface area contributed by atoms with E-state index in [0.29, 0.717) is 30.6 Å². The van der Waals surface area contributed by atoms with Gasteiger partial charge in [-0.2, -0.15) is 0 Å². The van der Waals surface area contributed by atoms with Crippen molar-refractivity contribution in [1.29, 1.82) is 0 Å². The summed E-state index contributed by atoms with van der Waals surface area (Å²) in [6, 6.07) is 1.77. The van der Waals surface area contributed by atoms with Crippen LogP contribution >= 0.6 is 0 Å². The first-order chi connectivity index (χ1) is 11.6. The Balaban J connectivity index is 1.74. The molecule has 7 nitrogen and oxygen atoms in total. The molecule has 0 aliphatic carbocycles. The van der Waals surface area contributed by atoms with Gasteiger partial charge in [-0.1, -0.05) is 11.5 Å². The first-order valence-electron chi connectivity index (χ1n) is 8.37. The number of fused-ring (bicyclic) bond motifs is 1. The van der Waals surface area contributed by atoms with Gasteiger partial charge in [0.05, 0.1) is 12.0 Å². The predicted molar refractivity (Wildman–Crippen MR) is 93.6 cm³/mol. The number of pyridine rings is 1. The lowest BCUT2D eigenvalue weighted by Gasteiger charge is -2.22. The number of ether oxygens (including phenoxy) is 2. The van der Waals surface area contributed by atoms with E-state index in [9.17, 15) is 9.59 Å². The number of nitrogens with zero attached hydrogens (tertiary/aromatic N) is 3. The molecule has 0 radical (unpaired) electrons. The van der Waals surface area contributed by atoms with Crippen LogP contribution in [0.15, 0.2) is 21.9 Å². The molecular weight excluding hydrogens is 309 g/mol. The minimum Gasteiger partial charge on any atom is -0.353 e. The van der Waals surface area contributed by atoms with Crippen LogP contribution in [0.5, 0.6) is 0 Å². The minimum absolute atomic E-state index is 0.151. The number of aromatic nitrogens is 3. The van der Waals surface area contributed by atoms with Crippen LogP contribution in [0.2, 0.25) is 0 Å². The molecule has 1 saturated heterocycles. The maximum atomic E-state index is 12.6. The summed E-state index contributed by atoms with van der Waals surface area (Å²) in [4.78, 5) is 29.2. The van der Waals surface area contributed by atoms with Gasteiger partial charge in [-0.3, -0.25) is 13.9 Å². The predicted octanol–water partition coefficient (Wildman–Crippen LogP) is -0.713. The second-order valence-electron chi connectivity index (χ2n) is 6.20. The molecule has 128 valence electrons. The van der Waals surface area contributed by atoms with Crippen LogP contribution in [0.1, 0.15) is 25.7 Å². The SMILES string of the molecule is Bc1cnc2c(c1)c(=O)n(CCCOC1CCCCO1)c(=O)n2C. The lowest BCUT2D eigenvalue weighted by atomic mass is 9.98. The molecule has 2 aromatic rings. The Labute approximate surface area is 140 Å². The lowest BCUT2D eigenvalue weighted by Crippen LogP contribution is -2.40. The van der Waals surface area contributed by atoms with Crippen molar-refractivity contribution in [3.05, 3.63) is 33.1 Å². The molecule has 3 heterocycles. The smallest absolute Gasteiger partial charge is 0.332 e. The summed E-state index contributed by atoms with van der Waals surface area (Å²) in [5, 5.41) is 0.466. The molecule has 1 fully saturated rings. The fourth-order valence-corrected chi connectivity index (χ4v) is 2.97. The van der Waals surface area contributed by atoms with E-state index in [1.165, 1.54) is 9.13 Å². The van der Waals surface area contributed by atoms with Gasteiger partial charge in [-0.15, -0.1) is 0 Å². The van der Waals surface area contributed by atoms with Crippen molar-refractivity contribution in [3.8, 4) is 0 Å². The van der Waals surface area contributed by atoms with Gasteiger partial charge in [0, 0.05) is 26.4 Å². The van der Waals surface area contributed by atoms with E-state index in [0.717, 1.165) is 31.3 Å². The highest BCUT2D eigenvalue weighted by Gasteiger charge is 2.15. The van der Waals surface area contributed by atoms with Gasteiger partial charge in [0.15, 0.2) is 6.29 Å². The molecule has 0 spiro atoms. The molecular formula is C16H22BN3O4. The van der Waals surface area contributed by atoms with Gasteiger partial charge in [-0.05, 0) is 25.7 Å². The van der Waals surface area contributed by atoms with Crippen LogP contribution in [0.3, 0.4) is 0 Å². The topological polar surface area (TPSA) is 75.4 Å². The summed E-state index contributed by atoms with van der Waals surface area (Å²) in [5.74, 6) is 0. The molecule has 1 aliphatic rings. The van der Waals surface area contributed by atoms with E-state index in [1.807, 2.05) is 7.85 Å². The highest BCUT2D eigenvalue weighted by Crippen LogP contribution is 2.13. The molecule has 0 aromatic carbocycles. The van der Waals surface area contributed by atoms with Crippen LogP contribution in [0.25, 0.3) is 11.0 Å². The zero-order valence-corrected chi connectivity index (χ0v) is 14.2. The summed E-state index contributed by atoms with van der Waals surface area (Å²) >= 11 is 0. The van der Waals surface area contributed by atoms with Crippen molar-refractivity contribution < 1.29 is 9.47 Å². The third kappa shape index (κ3) is 3.44. The molecule has 1 unspecified atom stereocenters. The average molecular weight is 331 g/mol. The Morgan fingerprint density at radius 3 is 3.00 bits per heavy atom. The second-order valence-corrected chi connectivity index (χ2v) is 6.20. The highest BCUT2D eigenvalue weighted by atomic mass is 16.7. The Bertz CT molecular complexity index is 840. The number of aryl methyl sites for hydroxylation is 1.